The molecule has 2 amide bonds. The van der Waals surface area contributed by atoms with Gasteiger partial charge < -0.3 is 15.0 Å². The van der Waals surface area contributed by atoms with E-state index < -0.39 is 5.97 Å². The maximum atomic E-state index is 12.2. The van der Waals surface area contributed by atoms with Gasteiger partial charge in [0.1, 0.15) is 12.6 Å². The molecule has 0 bridgehead atoms. The van der Waals surface area contributed by atoms with E-state index in [4.69, 9.17) is 4.74 Å². The molecule has 1 aliphatic rings. The number of hydrogen-bond acceptors (Lipinski definition) is 4. The molecular formula is C21H22N2O4. The number of ether oxygens (including phenoxy) is 1. The van der Waals surface area contributed by atoms with E-state index in [1.54, 1.807) is 36.1 Å². The normalized spacial score (nSPS) is 14.7. The van der Waals surface area contributed by atoms with Gasteiger partial charge in [0, 0.05) is 24.2 Å². The van der Waals surface area contributed by atoms with Crippen LogP contribution in [0.5, 0.6) is 0 Å². The van der Waals surface area contributed by atoms with Crippen LogP contribution in [0, 0.1) is 0 Å². The van der Waals surface area contributed by atoms with Gasteiger partial charge in [-0.1, -0.05) is 30.3 Å². The summed E-state index contributed by atoms with van der Waals surface area (Å²) in [5, 5.41) is 2.56. The molecule has 3 rings (SSSR count). The van der Waals surface area contributed by atoms with Crippen molar-refractivity contribution < 1.29 is 19.1 Å². The molecule has 0 aromatic heterocycles. The molecule has 27 heavy (non-hydrogen) atoms. The first-order valence-corrected chi connectivity index (χ1v) is 8.97. The molecule has 0 unspecified atom stereocenters. The number of amides is 2. The molecule has 6 heteroatoms. The molecule has 1 N–H and O–H groups in total. The number of carbonyl (C=O) groups is 3. The molecule has 140 valence electrons. The maximum absolute atomic E-state index is 12.2. The van der Waals surface area contributed by atoms with E-state index in [0.717, 1.165) is 17.7 Å². The number of carbonyl (C=O) groups excluding carboxylic acids is 3. The fourth-order valence-corrected chi connectivity index (χ4v) is 3.00. The topological polar surface area (TPSA) is 75.7 Å². The average Bonchev–Trinajstić information content (AvgIpc) is 3.13. The summed E-state index contributed by atoms with van der Waals surface area (Å²) in [6.07, 6.45) is 1.03. The Balaban J connectivity index is 1.50. The zero-order valence-electron chi connectivity index (χ0n) is 15.2. The van der Waals surface area contributed by atoms with Crippen molar-refractivity contribution in [1.29, 1.82) is 0 Å². The Morgan fingerprint density at radius 1 is 1.11 bits per heavy atom. The molecule has 6 nitrogen and oxygen atoms in total. The zero-order valence-corrected chi connectivity index (χ0v) is 15.2. The highest BCUT2D eigenvalue weighted by atomic mass is 16.5. The van der Waals surface area contributed by atoms with Crippen molar-refractivity contribution >= 4 is 23.5 Å². The van der Waals surface area contributed by atoms with E-state index in [1.807, 2.05) is 30.3 Å². The molecular weight excluding hydrogens is 344 g/mol. The lowest BCUT2D eigenvalue weighted by Gasteiger charge is -2.16. The van der Waals surface area contributed by atoms with Crippen molar-refractivity contribution in [2.75, 3.05) is 18.0 Å². The first-order valence-electron chi connectivity index (χ1n) is 8.97. The third-order valence-corrected chi connectivity index (χ3v) is 4.49. The van der Waals surface area contributed by atoms with Crippen molar-refractivity contribution in [3.05, 3.63) is 65.7 Å². The molecule has 0 spiro atoms. The maximum Gasteiger partial charge on any atom is 0.326 e. The Kier molecular flexibility index (Phi) is 5.86. The van der Waals surface area contributed by atoms with Gasteiger partial charge in [0.05, 0.1) is 0 Å². The van der Waals surface area contributed by atoms with Gasteiger partial charge in [0.2, 0.25) is 5.91 Å². The fraction of sp³-hybridized carbons (Fsp3) is 0.286. The smallest absolute Gasteiger partial charge is 0.326 e. The predicted molar refractivity (Wildman–Crippen MR) is 101 cm³/mol. The van der Waals surface area contributed by atoms with Gasteiger partial charge in [-0.2, -0.15) is 0 Å². The van der Waals surface area contributed by atoms with Crippen molar-refractivity contribution in [3.63, 3.8) is 0 Å². The van der Waals surface area contributed by atoms with E-state index in [-0.39, 0.29) is 24.5 Å². The van der Waals surface area contributed by atoms with Gasteiger partial charge in [-0.25, -0.2) is 0 Å². The van der Waals surface area contributed by atoms with Crippen LogP contribution in [0.2, 0.25) is 0 Å². The van der Waals surface area contributed by atoms with Crippen LogP contribution >= 0.6 is 0 Å². The second kappa shape index (κ2) is 8.49. The minimum Gasteiger partial charge on any atom is -0.456 e. The minimum atomic E-state index is -0.501. The van der Waals surface area contributed by atoms with Crippen LogP contribution in [-0.2, 0) is 14.3 Å². The zero-order chi connectivity index (χ0) is 19.2. The standard InChI is InChI=1S/C21H22N2O4/c1-15(16-6-3-2-4-7-16)27-20(25)14-22-21(26)17-9-11-18(12-10-17)23-13-5-8-19(23)24/h2-4,6-7,9-12,15H,5,8,13-14H2,1H3,(H,22,26)/t15-/m1/s1. The van der Waals surface area contributed by atoms with Crippen LogP contribution in [0.1, 0.15) is 41.8 Å². The second-order valence-electron chi connectivity index (χ2n) is 6.42. The quantitative estimate of drug-likeness (QED) is 0.798. The van der Waals surface area contributed by atoms with E-state index >= 15 is 0 Å². The summed E-state index contributed by atoms with van der Waals surface area (Å²) >= 11 is 0. The molecule has 1 fully saturated rings. The third-order valence-electron chi connectivity index (χ3n) is 4.49. The molecule has 0 aliphatic carbocycles. The van der Waals surface area contributed by atoms with Crippen LogP contribution in [-0.4, -0.2) is 30.9 Å². The van der Waals surface area contributed by atoms with Crippen LogP contribution in [0.3, 0.4) is 0 Å². The molecule has 1 atom stereocenters. The highest BCUT2D eigenvalue weighted by Gasteiger charge is 2.21. The average molecular weight is 366 g/mol. The third kappa shape index (κ3) is 4.73. The Bertz CT molecular complexity index is 818. The fourth-order valence-electron chi connectivity index (χ4n) is 3.00. The summed E-state index contributed by atoms with van der Waals surface area (Å²) in [5.74, 6) is -0.764. The first-order chi connectivity index (χ1) is 13.0. The molecule has 0 saturated carbocycles. The minimum absolute atomic E-state index is 0.0995. The molecule has 2 aromatic rings. The van der Waals surface area contributed by atoms with Gasteiger partial charge >= 0.3 is 5.97 Å². The van der Waals surface area contributed by atoms with Gasteiger partial charge in [0.25, 0.3) is 5.91 Å². The summed E-state index contributed by atoms with van der Waals surface area (Å²) < 4.78 is 5.32. The van der Waals surface area contributed by atoms with Crippen LogP contribution in [0.15, 0.2) is 54.6 Å². The number of esters is 1. The summed E-state index contributed by atoms with van der Waals surface area (Å²) in [4.78, 5) is 37.6. The predicted octanol–water partition coefficient (Wildman–Crippen LogP) is 2.85. The molecule has 2 aromatic carbocycles. The largest absolute Gasteiger partial charge is 0.456 e. The van der Waals surface area contributed by atoms with E-state index in [1.165, 1.54) is 0 Å². The van der Waals surface area contributed by atoms with Crippen LogP contribution in [0.4, 0.5) is 5.69 Å². The van der Waals surface area contributed by atoms with E-state index in [0.29, 0.717) is 18.5 Å². The number of nitrogens with zero attached hydrogens (tertiary/aromatic N) is 1. The highest BCUT2D eigenvalue weighted by molar-refractivity contribution is 5.98. The van der Waals surface area contributed by atoms with Gasteiger partial charge in [-0.3, -0.25) is 14.4 Å². The summed E-state index contributed by atoms with van der Waals surface area (Å²) in [5.41, 5.74) is 2.10. The summed E-state index contributed by atoms with van der Waals surface area (Å²) in [6, 6.07) is 16.2. The molecule has 0 radical (unpaired) electrons. The first kappa shape index (κ1) is 18.6. The van der Waals surface area contributed by atoms with Crippen molar-refractivity contribution in [2.24, 2.45) is 0 Å². The number of nitrogens with one attached hydrogen (secondary N) is 1. The second-order valence-corrected chi connectivity index (χ2v) is 6.42. The Morgan fingerprint density at radius 2 is 1.81 bits per heavy atom. The molecule has 1 saturated heterocycles. The molecule has 1 aliphatic heterocycles. The number of rotatable bonds is 6. The lowest BCUT2D eigenvalue weighted by molar-refractivity contribution is -0.147. The molecule has 1 heterocycles. The lowest BCUT2D eigenvalue weighted by atomic mass is 10.1. The summed E-state index contributed by atoms with van der Waals surface area (Å²) in [7, 11) is 0. The number of anilines is 1. The van der Waals surface area contributed by atoms with Crippen LogP contribution in [0.25, 0.3) is 0 Å². The van der Waals surface area contributed by atoms with E-state index in [9.17, 15) is 14.4 Å². The number of hydrogen-bond donors (Lipinski definition) is 1. The van der Waals surface area contributed by atoms with Gasteiger partial charge in [-0.15, -0.1) is 0 Å². The summed E-state index contributed by atoms with van der Waals surface area (Å²) in [6.45, 7) is 2.28. The Morgan fingerprint density at radius 3 is 2.44 bits per heavy atom. The Labute approximate surface area is 158 Å². The number of benzene rings is 2. The van der Waals surface area contributed by atoms with Crippen molar-refractivity contribution in [3.8, 4) is 0 Å². The Hall–Kier alpha value is -3.15. The van der Waals surface area contributed by atoms with Gasteiger partial charge in [-0.05, 0) is 43.2 Å². The van der Waals surface area contributed by atoms with Crippen LogP contribution < -0.4 is 10.2 Å². The monoisotopic (exact) mass is 366 g/mol. The van der Waals surface area contributed by atoms with E-state index in [2.05, 4.69) is 5.32 Å². The highest BCUT2D eigenvalue weighted by Crippen LogP contribution is 2.21. The van der Waals surface area contributed by atoms with Crippen molar-refractivity contribution in [1.82, 2.24) is 5.32 Å². The SMILES string of the molecule is C[C@@H](OC(=O)CNC(=O)c1ccc(N2CCCC2=O)cc1)c1ccccc1. The van der Waals surface area contributed by atoms with Gasteiger partial charge in [0.15, 0.2) is 0 Å². The van der Waals surface area contributed by atoms with Crippen molar-refractivity contribution in [2.45, 2.75) is 25.9 Å². The lowest BCUT2D eigenvalue weighted by Crippen LogP contribution is -2.31.